The maximum atomic E-state index is 13.7. The molecule has 2 N–H and O–H groups in total. The van der Waals surface area contributed by atoms with Crippen molar-refractivity contribution in [2.24, 2.45) is 11.8 Å². The van der Waals surface area contributed by atoms with Gasteiger partial charge in [0.15, 0.2) is 0 Å². The van der Waals surface area contributed by atoms with Crippen molar-refractivity contribution in [1.82, 2.24) is 10.6 Å². The number of halogens is 3. The third kappa shape index (κ3) is 3.08. The number of carbonyl (C=O) groups excluding carboxylic acids is 1. The van der Waals surface area contributed by atoms with Crippen molar-refractivity contribution in [3.63, 3.8) is 0 Å². The van der Waals surface area contributed by atoms with Crippen molar-refractivity contribution in [3.05, 3.63) is 34.6 Å². The van der Waals surface area contributed by atoms with E-state index in [9.17, 15) is 9.18 Å². The standard InChI is InChI=1S/C14H16ClFN2O.ClH/c15-11-2-1-3-12(16)13(11)9-4-10(9)14(19)18-7-8-5-17-6-8;/h1-3,8-10,17H,4-7H2,(H,18,19);1H. The predicted octanol–water partition coefficient (Wildman–Crippen LogP) is 2.34. The number of amides is 1. The first-order valence-electron chi connectivity index (χ1n) is 6.59. The van der Waals surface area contributed by atoms with E-state index in [1.165, 1.54) is 6.07 Å². The summed E-state index contributed by atoms with van der Waals surface area (Å²) in [5.41, 5.74) is 0.495. The number of carbonyl (C=O) groups is 1. The van der Waals surface area contributed by atoms with E-state index in [1.807, 2.05) is 0 Å². The van der Waals surface area contributed by atoms with E-state index in [1.54, 1.807) is 12.1 Å². The van der Waals surface area contributed by atoms with Crippen LogP contribution >= 0.6 is 24.0 Å². The molecule has 2 unspecified atom stereocenters. The molecular formula is C14H17Cl2FN2O. The monoisotopic (exact) mass is 318 g/mol. The fourth-order valence-corrected chi connectivity index (χ4v) is 2.84. The number of rotatable bonds is 4. The molecule has 3 rings (SSSR count). The number of hydrogen-bond donors (Lipinski definition) is 2. The molecule has 0 radical (unpaired) electrons. The Hall–Kier alpha value is -0.840. The van der Waals surface area contributed by atoms with Crippen LogP contribution in [0.3, 0.4) is 0 Å². The van der Waals surface area contributed by atoms with E-state index in [2.05, 4.69) is 10.6 Å². The summed E-state index contributed by atoms with van der Waals surface area (Å²) in [6.07, 6.45) is 0.690. The van der Waals surface area contributed by atoms with Crippen LogP contribution in [0.2, 0.25) is 5.02 Å². The average molecular weight is 319 g/mol. The summed E-state index contributed by atoms with van der Waals surface area (Å²) in [4.78, 5) is 12.0. The summed E-state index contributed by atoms with van der Waals surface area (Å²) in [5, 5.41) is 6.52. The summed E-state index contributed by atoms with van der Waals surface area (Å²) in [7, 11) is 0. The first kappa shape index (κ1) is 15.5. The maximum Gasteiger partial charge on any atom is 0.223 e. The Kier molecular flexibility index (Phi) is 4.89. The van der Waals surface area contributed by atoms with E-state index in [-0.39, 0.29) is 36.0 Å². The largest absolute Gasteiger partial charge is 0.355 e. The van der Waals surface area contributed by atoms with E-state index < -0.39 is 0 Å². The van der Waals surface area contributed by atoms with Crippen LogP contribution in [0.5, 0.6) is 0 Å². The fraction of sp³-hybridized carbons (Fsp3) is 0.500. The Morgan fingerprint density at radius 3 is 2.80 bits per heavy atom. The molecule has 0 spiro atoms. The normalized spacial score (nSPS) is 24.5. The minimum absolute atomic E-state index is 0. The molecule has 1 amide bonds. The molecule has 2 atom stereocenters. The lowest BCUT2D eigenvalue weighted by Gasteiger charge is -2.27. The van der Waals surface area contributed by atoms with Gasteiger partial charge < -0.3 is 10.6 Å². The van der Waals surface area contributed by atoms with E-state index in [0.717, 1.165) is 13.1 Å². The second-order valence-electron chi connectivity index (χ2n) is 5.35. The molecule has 1 heterocycles. The Balaban J connectivity index is 0.00000147. The zero-order valence-corrected chi connectivity index (χ0v) is 12.4. The van der Waals surface area contributed by atoms with Crippen molar-refractivity contribution in [1.29, 1.82) is 0 Å². The fourth-order valence-electron chi connectivity index (χ4n) is 2.54. The first-order valence-corrected chi connectivity index (χ1v) is 6.97. The first-order chi connectivity index (χ1) is 9.16. The third-order valence-corrected chi connectivity index (χ3v) is 4.26. The second-order valence-corrected chi connectivity index (χ2v) is 5.76. The molecule has 1 aliphatic heterocycles. The van der Waals surface area contributed by atoms with Crippen LogP contribution in [0.25, 0.3) is 0 Å². The van der Waals surface area contributed by atoms with Gasteiger partial charge in [-0.25, -0.2) is 4.39 Å². The number of hydrogen-bond acceptors (Lipinski definition) is 2. The molecule has 1 saturated carbocycles. The molecule has 0 bridgehead atoms. The van der Waals surface area contributed by atoms with Gasteiger partial charge in [0, 0.05) is 48.0 Å². The van der Waals surface area contributed by atoms with Gasteiger partial charge in [-0.05, 0) is 18.6 Å². The minimum atomic E-state index is -0.309. The summed E-state index contributed by atoms with van der Waals surface area (Å²) in [6.45, 7) is 2.64. The molecule has 2 fully saturated rings. The molecule has 1 aromatic carbocycles. The van der Waals surface area contributed by atoms with Gasteiger partial charge in [0.1, 0.15) is 5.82 Å². The van der Waals surface area contributed by atoms with Gasteiger partial charge in [0.05, 0.1) is 0 Å². The molecular weight excluding hydrogens is 302 g/mol. The average Bonchev–Trinajstić information content (AvgIpc) is 3.06. The predicted molar refractivity (Wildman–Crippen MR) is 78.9 cm³/mol. The van der Waals surface area contributed by atoms with Crippen LogP contribution in [-0.2, 0) is 4.79 Å². The van der Waals surface area contributed by atoms with Crippen molar-refractivity contribution in [3.8, 4) is 0 Å². The van der Waals surface area contributed by atoms with E-state index in [0.29, 0.717) is 29.5 Å². The molecule has 6 heteroatoms. The van der Waals surface area contributed by atoms with Crippen LogP contribution in [0.1, 0.15) is 17.9 Å². The number of nitrogens with one attached hydrogen (secondary N) is 2. The van der Waals surface area contributed by atoms with Crippen molar-refractivity contribution >= 4 is 29.9 Å². The Morgan fingerprint density at radius 2 is 2.20 bits per heavy atom. The molecule has 1 aromatic rings. The molecule has 110 valence electrons. The third-order valence-electron chi connectivity index (χ3n) is 3.93. The second kappa shape index (κ2) is 6.29. The van der Waals surface area contributed by atoms with Crippen LogP contribution in [0.4, 0.5) is 4.39 Å². The Labute approximate surface area is 128 Å². The Bertz CT molecular complexity index is 488. The topological polar surface area (TPSA) is 41.1 Å². The highest BCUT2D eigenvalue weighted by atomic mass is 35.5. The van der Waals surface area contributed by atoms with Crippen molar-refractivity contribution in [2.45, 2.75) is 12.3 Å². The Morgan fingerprint density at radius 1 is 1.45 bits per heavy atom. The van der Waals surface area contributed by atoms with Gasteiger partial charge in [0.2, 0.25) is 5.91 Å². The van der Waals surface area contributed by atoms with Crippen molar-refractivity contribution in [2.75, 3.05) is 19.6 Å². The van der Waals surface area contributed by atoms with E-state index in [4.69, 9.17) is 11.6 Å². The lowest BCUT2D eigenvalue weighted by atomic mass is 10.0. The van der Waals surface area contributed by atoms with Crippen LogP contribution < -0.4 is 10.6 Å². The SMILES string of the molecule is Cl.O=C(NCC1CNC1)C1CC1c1c(F)cccc1Cl. The maximum absolute atomic E-state index is 13.7. The summed E-state index contributed by atoms with van der Waals surface area (Å²) < 4.78 is 13.7. The molecule has 3 nitrogen and oxygen atoms in total. The molecule has 1 aliphatic carbocycles. The summed E-state index contributed by atoms with van der Waals surface area (Å²) >= 11 is 6.01. The summed E-state index contributed by atoms with van der Waals surface area (Å²) in [6, 6.07) is 4.66. The highest BCUT2D eigenvalue weighted by molar-refractivity contribution is 6.31. The van der Waals surface area contributed by atoms with Gasteiger partial charge in [-0.3, -0.25) is 4.79 Å². The van der Waals surface area contributed by atoms with Crippen LogP contribution in [-0.4, -0.2) is 25.5 Å². The minimum Gasteiger partial charge on any atom is -0.355 e. The van der Waals surface area contributed by atoms with Crippen molar-refractivity contribution < 1.29 is 9.18 Å². The highest BCUT2D eigenvalue weighted by Gasteiger charge is 2.46. The van der Waals surface area contributed by atoms with Gasteiger partial charge in [0.25, 0.3) is 0 Å². The summed E-state index contributed by atoms with van der Waals surface area (Å²) in [5.74, 6) is 0.0704. The lowest BCUT2D eigenvalue weighted by Crippen LogP contribution is -2.48. The smallest absolute Gasteiger partial charge is 0.223 e. The van der Waals surface area contributed by atoms with Gasteiger partial charge in [-0.2, -0.15) is 0 Å². The molecule has 1 saturated heterocycles. The molecule has 0 aromatic heterocycles. The van der Waals surface area contributed by atoms with Crippen LogP contribution in [0, 0.1) is 17.7 Å². The zero-order chi connectivity index (χ0) is 13.4. The van der Waals surface area contributed by atoms with Gasteiger partial charge in [-0.1, -0.05) is 17.7 Å². The zero-order valence-electron chi connectivity index (χ0n) is 10.9. The van der Waals surface area contributed by atoms with E-state index >= 15 is 0 Å². The van der Waals surface area contributed by atoms with Gasteiger partial charge in [-0.15, -0.1) is 12.4 Å². The molecule has 20 heavy (non-hydrogen) atoms. The molecule has 2 aliphatic rings. The lowest BCUT2D eigenvalue weighted by molar-refractivity contribution is -0.122. The number of benzene rings is 1. The highest BCUT2D eigenvalue weighted by Crippen LogP contribution is 2.50. The van der Waals surface area contributed by atoms with Crippen LogP contribution in [0.15, 0.2) is 18.2 Å². The quantitative estimate of drug-likeness (QED) is 0.894. The van der Waals surface area contributed by atoms with Gasteiger partial charge >= 0.3 is 0 Å².